The minimum absolute atomic E-state index is 0.108. The predicted molar refractivity (Wildman–Crippen MR) is 106 cm³/mol. The fourth-order valence-electron chi connectivity index (χ4n) is 2.73. The summed E-state index contributed by atoms with van der Waals surface area (Å²) in [6.45, 7) is 10.1. The average molecular weight is 366 g/mol. The first-order valence-electron chi connectivity index (χ1n) is 10.0. The van der Waals surface area contributed by atoms with Crippen LogP contribution in [0.3, 0.4) is 0 Å². The molecule has 148 valence electrons. The summed E-state index contributed by atoms with van der Waals surface area (Å²) in [6.07, 6.45) is 7.20. The van der Waals surface area contributed by atoms with Crippen LogP contribution in [0.5, 0.6) is 17.2 Å². The Morgan fingerprint density at radius 2 is 1.35 bits per heavy atom. The number of amides is 1. The zero-order chi connectivity index (χ0) is 19.2. The van der Waals surface area contributed by atoms with Crippen LogP contribution in [0, 0.1) is 0 Å². The molecule has 1 aromatic carbocycles. The lowest BCUT2D eigenvalue weighted by Gasteiger charge is -2.17. The van der Waals surface area contributed by atoms with E-state index in [2.05, 4.69) is 12.2 Å². The van der Waals surface area contributed by atoms with E-state index in [-0.39, 0.29) is 5.91 Å². The average Bonchev–Trinajstić information content (AvgIpc) is 2.63. The highest BCUT2D eigenvalue weighted by Crippen LogP contribution is 2.39. The third-order valence-corrected chi connectivity index (χ3v) is 3.99. The van der Waals surface area contributed by atoms with Crippen molar-refractivity contribution < 1.29 is 19.0 Å². The molecule has 0 aliphatic heterocycles. The quantitative estimate of drug-likeness (QED) is 0.473. The number of rotatable bonds is 14. The van der Waals surface area contributed by atoms with Gasteiger partial charge in [-0.3, -0.25) is 4.79 Å². The van der Waals surface area contributed by atoms with Gasteiger partial charge in [0, 0.05) is 12.1 Å². The number of carbonyl (C=O) groups excluding carboxylic acids is 1. The number of benzene rings is 1. The third-order valence-electron chi connectivity index (χ3n) is 3.99. The Morgan fingerprint density at radius 3 is 1.88 bits per heavy atom. The Balaban J connectivity index is 2.72. The number of hydrogen-bond acceptors (Lipinski definition) is 4. The van der Waals surface area contributed by atoms with Gasteiger partial charge in [0.25, 0.3) is 5.91 Å². The molecule has 0 aromatic heterocycles. The highest BCUT2D eigenvalue weighted by atomic mass is 16.5. The fraction of sp³-hybridized carbons (Fsp3) is 0.667. The highest BCUT2D eigenvalue weighted by molar-refractivity contribution is 5.95. The molecule has 0 aliphatic rings. The molecule has 0 radical (unpaired) electrons. The summed E-state index contributed by atoms with van der Waals surface area (Å²) in [4.78, 5) is 12.5. The molecular formula is C21H35NO4. The van der Waals surface area contributed by atoms with Crippen LogP contribution in [0.4, 0.5) is 0 Å². The molecule has 0 fully saturated rings. The van der Waals surface area contributed by atoms with Crippen molar-refractivity contribution in [3.05, 3.63) is 17.7 Å². The summed E-state index contributed by atoms with van der Waals surface area (Å²) in [5, 5.41) is 2.99. The van der Waals surface area contributed by atoms with Gasteiger partial charge in [-0.2, -0.15) is 0 Å². The summed E-state index contributed by atoms with van der Waals surface area (Å²) in [7, 11) is 0. The van der Waals surface area contributed by atoms with E-state index in [0.29, 0.717) is 49.2 Å². The number of nitrogens with one attached hydrogen (secondary N) is 1. The summed E-state index contributed by atoms with van der Waals surface area (Å²) in [5.41, 5.74) is 0.534. The highest BCUT2D eigenvalue weighted by Gasteiger charge is 2.18. The van der Waals surface area contributed by atoms with Gasteiger partial charge in [0.05, 0.1) is 19.8 Å². The maximum Gasteiger partial charge on any atom is 0.251 e. The van der Waals surface area contributed by atoms with Crippen LogP contribution in [0.25, 0.3) is 0 Å². The molecule has 0 saturated carbocycles. The van der Waals surface area contributed by atoms with Crippen LogP contribution in [0.15, 0.2) is 12.1 Å². The van der Waals surface area contributed by atoms with Crippen LogP contribution >= 0.6 is 0 Å². The maximum atomic E-state index is 12.5. The van der Waals surface area contributed by atoms with E-state index in [1.807, 2.05) is 20.8 Å². The minimum Gasteiger partial charge on any atom is -0.490 e. The van der Waals surface area contributed by atoms with Crippen molar-refractivity contribution in [2.24, 2.45) is 0 Å². The molecule has 1 aromatic rings. The van der Waals surface area contributed by atoms with Crippen LogP contribution in [0.2, 0.25) is 0 Å². The van der Waals surface area contributed by atoms with E-state index in [0.717, 1.165) is 12.8 Å². The van der Waals surface area contributed by atoms with Crippen molar-refractivity contribution in [1.82, 2.24) is 5.32 Å². The Hall–Kier alpha value is -1.91. The first-order chi connectivity index (χ1) is 12.7. The number of unbranched alkanes of at least 4 members (excludes halogenated alkanes) is 5. The largest absolute Gasteiger partial charge is 0.490 e. The van der Waals surface area contributed by atoms with Crippen LogP contribution < -0.4 is 19.5 Å². The van der Waals surface area contributed by atoms with Gasteiger partial charge in [0.2, 0.25) is 5.75 Å². The van der Waals surface area contributed by atoms with Gasteiger partial charge < -0.3 is 19.5 Å². The topological polar surface area (TPSA) is 56.8 Å². The molecule has 5 nitrogen and oxygen atoms in total. The van der Waals surface area contributed by atoms with Gasteiger partial charge in [0.15, 0.2) is 11.5 Å². The molecule has 0 spiro atoms. The summed E-state index contributed by atoms with van der Waals surface area (Å²) >= 11 is 0. The normalized spacial score (nSPS) is 10.5. The van der Waals surface area contributed by atoms with Crippen LogP contribution in [-0.2, 0) is 0 Å². The van der Waals surface area contributed by atoms with Crippen molar-refractivity contribution in [1.29, 1.82) is 0 Å². The lowest BCUT2D eigenvalue weighted by molar-refractivity contribution is 0.0951. The van der Waals surface area contributed by atoms with Gasteiger partial charge in [-0.1, -0.05) is 39.0 Å². The zero-order valence-corrected chi connectivity index (χ0v) is 16.9. The van der Waals surface area contributed by atoms with E-state index >= 15 is 0 Å². The van der Waals surface area contributed by atoms with Gasteiger partial charge in [0.1, 0.15) is 0 Å². The van der Waals surface area contributed by atoms with Crippen molar-refractivity contribution >= 4 is 5.91 Å². The monoisotopic (exact) mass is 365 g/mol. The smallest absolute Gasteiger partial charge is 0.251 e. The van der Waals surface area contributed by atoms with E-state index in [1.54, 1.807) is 12.1 Å². The first kappa shape index (κ1) is 22.1. The SMILES string of the molecule is CCCCCCCCNC(=O)c1cc(OCC)c(OCC)c(OCC)c1. The van der Waals surface area contributed by atoms with E-state index in [9.17, 15) is 4.79 Å². The second-order valence-electron chi connectivity index (χ2n) is 6.12. The second kappa shape index (κ2) is 13.3. The van der Waals surface area contributed by atoms with Crippen molar-refractivity contribution in [2.75, 3.05) is 26.4 Å². The van der Waals surface area contributed by atoms with E-state index in [4.69, 9.17) is 14.2 Å². The van der Waals surface area contributed by atoms with E-state index in [1.165, 1.54) is 25.7 Å². The number of hydrogen-bond donors (Lipinski definition) is 1. The lowest BCUT2D eigenvalue weighted by atomic mass is 10.1. The predicted octanol–water partition coefficient (Wildman–Crippen LogP) is 4.97. The van der Waals surface area contributed by atoms with E-state index < -0.39 is 0 Å². The molecule has 0 saturated heterocycles. The summed E-state index contributed by atoms with van der Waals surface area (Å²) in [6, 6.07) is 3.46. The molecule has 1 rings (SSSR count). The molecular weight excluding hydrogens is 330 g/mol. The van der Waals surface area contributed by atoms with Gasteiger partial charge in [-0.05, 0) is 39.3 Å². The molecule has 0 unspecified atom stereocenters. The molecule has 26 heavy (non-hydrogen) atoms. The molecule has 1 amide bonds. The molecule has 0 atom stereocenters. The number of ether oxygens (including phenoxy) is 3. The number of carbonyl (C=O) groups is 1. The molecule has 0 aliphatic carbocycles. The Morgan fingerprint density at radius 1 is 0.808 bits per heavy atom. The van der Waals surface area contributed by atoms with Crippen LogP contribution in [0.1, 0.15) is 76.6 Å². The Labute approximate surface area is 158 Å². The minimum atomic E-state index is -0.108. The van der Waals surface area contributed by atoms with Gasteiger partial charge in [-0.15, -0.1) is 0 Å². The Bertz CT molecular complexity index is 504. The molecule has 5 heteroatoms. The van der Waals surface area contributed by atoms with Crippen LogP contribution in [-0.4, -0.2) is 32.3 Å². The lowest BCUT2D eigenvalue weighted by Crippen LogP contribution is -2.24. The Kier molecular flexibility index (Phi) is 11.3. The van der Waals surface area contributed by atoms with Gasteiger partial charge >= 0.3 is 0 Å². The second-order valence-corrected chi connectivity index (χ2v) is 6.12. The van der Waals surface area contributed by atoms with Crippen molar-refractivity contribution in [3.8, 4) is 17.2 Å². The standard InChI is InChI=1S/C21H35NO4/c1-5-9-10-11-12-13-14-22-21(23)17-15-18(24-6-2)20(26-8-4)19(16-17)25-7-3/h15-16H,5-14H2,1-4H3,(H,22,23). The summed E-state index contributed by atoms with van der Waals surface area (Å²) in [5.74, 6) is 1.54. The molecule has 1 N–H and O–H groups in total. The third kappa shape index (κ3) is 7.54. The molecule has 0 bridgehead atoms. The first-order valence-corrected chi connectivity index (χ1v) is 10.0. The molecule has 0 heterocycles. The van der Waals surface area contributed by atoms with Crippen molar-refractivity contribution in [2.45, 2.75) is 66.2 Å². The summed E-state index contributed by atoms with van der Waals surface area (Å²) < 4.78 is 17.0. The zero-order valence-electron chi connectivity index (χ0n) is 16.9. The maximum absolute atomic E-state index is 12.5. The fourth-order valence-corrected chi connectivity index (χ4v) is 2.73. The van der Waals surface area contributed by atoms with Gasteiger partial charge in [-0.25, -0.2) is 0 Å². The van der Waals surface area contributed by atoms with Crippen molar-refractivity contribution in [3.63, 3.8) is 0 Å².